The summed E-state index contributed by atoms with van der Waals surface area (Å²) in [5, 5.41) is 53.8. The molecule has 1 aromatic carbocycles. The molecule has 0 spiro atoms. The molecule has 35 heavy (non-hydrogen) atoms. The van der Waals surface area contributed by atoms with Crippen LogP contribution in [0.2, 0.25) is 0 Å². The second-order valence-electron chi connectivity index (χ2n) is 9.61. The molecule has 4 atom stereocenters. The van der Waals surface area contributed by atoms with Crippen LogP contribution in [-0.2, 0) is 20.8 Å². The number of Topliss-reactive ketones (excluding diaryl/α,β-unsaturated/α-hetero) is 2. The van der Waals surface area contributed by atoms with Crippen LogP contribution in [0.3, 0.4) is 0 Å². The van der Waals surface area contributed by atoms with Gasteiger partial charge in [-0.05, 0) is 44.5 Å². The number of amides is 1. The lowest BCUT2D eigenvalue weighted by Crippen LogP contribution is -2.65. The van der Waals surface area contributed by atoms with E-state index < -0.39 is 63.8 Å². The maximum Gasteiger partial charge on any atom is 0.255 e. The molecule has 8 N–H and O–H groups in total. The zero-order valence-corrected chi connectivity index (χ0v) is 19.7. The fraction of sp³-hybridized carbons (Fsp3) is 0.435. The molecule has 12 nitrogen and oxygen atoms in total. The molecule has 188 valence electrons. The molecule has 3 aliphatic carbocycles. The number of likely N-dealkylation sites (N-methyl/N-ethyl adjacent to an activating group) is 1. The van der Waals surface area contributed by atoms with Crippen molar-refractivity contribution < 1.29 is 40.0 Å². The molecule has 0 radical (unpaired) electrons. The van der Waals surface area contributed by atoms with Crippen LogP contribution in [0.15, 0.2) is 23.0 Å². The molecule has 0 bridgehead atoms. The number of phenols is 1. The molecule has 0 aromatic heterocycles. The van der Waals surface area contributed by atoms with E-state index in [0.717, 1.165) is 0 Å². The molecule has 0 unspecified atom stereocenters. The van der Waals surface area contributed by atoms with Crippen molar-refractivity contribution in [3.63, 3.8) is 0 Å². The first kappa shape index (κ1) is 24.5. The largest absolute Gasteiger partial charge is 0.508 e. The van der Waals surface area contributed by atoms with Gasteiger partial charge in [-0.3, -0.25) is 30.0 Å². The van der Waals surface area contributed by atoms with E-state index in [9.17, 15) is 40.0 Å². The first-order valence-corrected chi connectivity index (χ1v) is 10.9. The summed E-state index contributed by atoms with van der Waals surface area (Å²) in [5.74, 6) is -7.29. The van der Waals surface area contributed by atoms with E-state index in [1.165, 1.54) is 11.0 Å². The quantitative estimate of drug-likeness (QED) is 0.169. The second-order valence-corrected chi connectivity index (χ2v) is 9.61. The maximum atomic E-state index is 13.8. The van der Waals surface area contributed by atoms with Crippen molar-refractivity contribution >= 4 is 34.6 Å². The highest BCUT2D eigenvalue weighted by molar-refractivity contribution is 6.24. The SMILES string of the molecule is CN(C)c1cc(NO)c(O)c2c1C[C@H]1C[C@H]3[C@H](N(C)C)C(=O)C(C(N)=O)=C(O)[C@@]3(O)C(=O)C1=C2O. The number of aliphatic hydroxyl groups is 3. The molecule has 12 heteroatoms. The van der Waals surface area contributed by atoms with Crippen molar-refractivity contribution in [3.8, 4) is 5.75 Å². The number of ketones is 2. The number of aliphatic hydroxyl groups excluding tert-OH is 2. The van der Waals surface area contributed by atoms with Crippen LogP contribution < -0.4 is 16.1 Å². The molecule has 4 rings (SSSR count). The van der Waals surface area contributed by atoms with Gasteiger partial charge in [-0.1, -0.05) is 0 Å². The Hall–Kier alpha value is -3.61. The molecule has 1 saturated carbocycles. The van der Waals surface area contributed by atoms with Crippen molar-refractivity contribution in [1.29, 1.82) is 0 Å². The van der Waals surface area contributed by atoms with Crippen LogP contribution in [0, 0.1) is 11.8 Å². The number of rotatable bonds is 4. The normalized spacial score (nSPS) is 28.0. The number of hydrogen-bond donors (Lipinski definition) is 7. The summed E-state index contributed by atoms with van der Waals surface area (Å²) in [6, 6.07) is 0.337. The van der Waals surface area contributed by atoms with Crippen molar-refractivity contribution in [2.24, 2.45) is 17.6 Å². The number of phenolic OH excluding ortho intramolecular Hbond substituents is 1. The van der Waals surface area contributed by atoms with Crippen molar-refractivity contribution in [2.75, 3.05) is 38.6 Å². The standard InChI is InChI=1S/C23H28N4O8/c1-26(2)12-7-11(25-35)17(28)14-9(12)5-8-6-10-16(27(3)4)19(30)15(22(24)33)21(32)23(10,34)20(31)13(8)18(14)29/h7-8,10,16,25,28-29,32,34-35H,5-6H2,1-4H3,(H2,24,33)/t8-,10-,16-,23-/m0/s1. The number of nitrogens with zero attached hydrogens (tertiary/aromatic N) is 2. The highest BCUT2D eigenvalue weighted by Crippen LogP contribution is 2.54. The van der Waals surface area contributed by atoms with E-state index in [4.69, 9.17) is 5.73 Å². The second kappa shape index (κ2) is 7.97. The third-order valence-electron chi connectivity index (χ3n) is 7.30. The Labute approximate surface area is 200 Å². The number of aromatic hydroxyl groups is 1. The number of carbonyl (C=O) groups excluding carboxylic acids is 3. The van der Waals surface area contributed by atoms with E-state index in [1.54, 1.807) is 33.1 Å². The summed E-state index contributed by atoms with van der Waals surface area (Å²) in [5.41, 5.74) is 4.17. The van der Waals surface area contributed by atoms with Gasteiger partial charge in [0.15, 0.2) is 17.1 Å². The minimum Gasteiger partial charge on any atom is -0.508 e. The van der Waals surface area contributed by atoms with Crippen LogP contribution in [-0.4, -0.2) is 87.8 Å². The fourth-order valence-corrected chi connectivity index (χ4v) is 5.78. The third-order valence-corrected chi connectivity index (χ3v) is 7.30. The average molecular weight is 488 g/mol. The van der Waals surface area contributed by atoms with Gasteiger partial charge in [-0.2, -0.15) is 0 Å². The summed E-state index contributed by atoms with van der Waals surface area (Å²) in [7, 11) is 6.54. The molecule has 1 amide bonds. The van der Waals surface area contributed by atoms with Gasteiger partial charge in [0.25, 0.3) is 5.91 Å². The Kier molecular flexibility index (Phi) is 5.58. The number of fused-ring (bicyclic) bond motifs is 3. The van der Waals surface area contributed by atoms with Crippen LogP contribution in [0.4, 0.5) is 11.4 Å². The first-order chi connectivity index (χ1) is 16.3. The van der Waals surface area contributed by atoms with Gasteiger partial charge in [0.1, 0.15) is 22.8 Å². The highest BCUT2D eigenvalue weighted by atomic mass is 16.5. The van der Waals surface area contributed by atoms with Gasteiger partial charge >= 0.3 is 0 Å². The van der Waals surface area contributed by atoms with Gasteiger partial charge in [-0.25, -0.2) is 0 Å². The van der Waals surface area contributed by atoms with Gasteiger partial charge in [0.2, 0.25) is 5.78 Å². The third kappa shape index (κ3) is 3.14. The number of anilines is 2. The predicted molar refractivity (Wildman–Crippen MR) is 124 cm³/mol. The lowest BCUT2D eigenvalue weighted by Gasteiger charge is -2.50. The summed E-state index contributed by atoms with van der Waals surface area (Å²) in [6.07, 6.45) is 0.153. The Morgan fingerprint density at radius 3 is 2.31 bits per heavy atom. The topological polar surface area (TPSA) is 197 Å². The first-order valence-electron chi connectivity index (χ1n) is 10.9. The van der Waals surface area contributed by atoms with Crippen molar-refractivity contribution in [2.45, 2.75) is 24.5 Å². The van der Waals surface area contributed by atoms with Crippen molar-refractivity contribution in [3.05, 3.63) is 34.1 Å². The molecule has 1 fully saturated rings. The zero-order chi connectivity index (χ0) is 26.1. The summed E-state index contributed by atoms with van der Waals surface area (Å²) in [4.78, 5) is 42.0. The number of primary amides is 1. The summed E-state index contributed by atoms with van der Waals surface area (Å²) in [6.45, 7) is 0. The Morgan fingerprint density at radius 2 is 1.80 bits per heavy atom. The molecular formula is C23H28N4O8. The molecule has 0 heterocycles. The monoisotopic (exact) mass is 488 g/mol. The predicted octanol–water partition coefficient (Wildman–Crippen LogP) is -0.169. The molecular weight excluding hydrogens is 460 g/mol. The van der Waals surface area contributed by atoms with Crippen molar-refractivity contribution in [1.82, 2.24) is 4.90 Å². The maximum absolute atomic E-state index is 13.8. The van der Waals surface area contributed by atoms with Crippen LogP contribution in [0.1, 0.15) is 17.5 Å². The lowest BCUT2D eigenvalue weighted by molar-refractivity contribution is -0.153. The Bertz CT molecular complexity index is 1230. The Balaban J connectivity index is 2.01. The van der Waals surface area contributed by atoms with Crippen LogP contribution >= 0.6 is 0 Å². The fourth-order valence-electron chi connectivity index (χ4n) is 5.78. The van der Waals surface area contributed by atoms with E-state index in [1.807, 2.05) is 5.48 Å². The molecule has 1 aromatic rings. The van der Waals surface area contributed by atoms with Gasteiger partial charge in [0.05, 0.1) is 11.6 Å². The molecule has 3 aliphatic rings. The molecule has 0 saturated heterocycles. The Morgan fingerprint density at radius 1 is 1.17 bits per heavy atom. The van der Waals surface area contributed by atoms with Crippen LogP contribution in [0.25, 0.3) is 5.76 Å². The van der Waals surface area contributed by atoms with E-state index in [0.29, 0.717) is 11.3 Å². The number of carbonyl (C=O) groups is 3. The minimum atomic E-state index is -2.70. The highest BCUT2D eigenvalue weighted by Gasteiger charge is 2.64. The van der Waals surface area contributed by atoms with E-state index in [2.05, 4.69) is 0 Å². The number of benzene rings is 1. The average Bonchev–Trinajstić information content (AvgIpc) is 2.75. The van der Waals surface area contributed by atoms with E-state index in [-0.39, 0.29) is 29.7 Å². The number of hydrogen-bond acceptors (Lipinski definition) is 11. The zero-order valence-electron chi connectivity index (χ0n) is 19.7. The molecule has 0 aliphatic heterocycles. The summed E-state index contributed by atoms with van der Waals surface area (Å²) < 4.78 is 0. The number of nitrogens with one attached hydrogen (secondary N) is 1. The minimum absolute atomic E-state index is 0.000601. The van der Waals surface area contributed by atoms with E-state index >= 15 is 0 Å². The number of nitrogens with two attached hydrogens (primary N) is 1. The van der Waals surface area contributed by atoms with Gasteiger partial charge in [0, 0.05) is 31.3 Å². The van der Waals surface area contributed by atoms with Crippen LogP contribution in [0.5, 0.6) is 5.75 Å². The van der Waals surface area contributed by atoms with Gasteiger partial charge < -0.3 is 31.1 Å². The van der Waals surface area contributed by atoms with Gasteiger partial charge in [-0.15, -0.1) is 0 Å². The summed E-state index contributed by atoms with van der Waals surface area (Å²) >= 11 is 0. The lowest BCUT2D eigenvalue weighted by atomic mass is 9.57. The smallest absolute Gasteiger partial charge is 0.255 e.